The molecule has 1 saturated carbocycles. The van der Waals surface area contributed by atoms with Gasteiger partial charge in [-0.2, -0.15) is 5.10 Å². The van der Waals surface area contributed by atoms with E-state index in [1.54, 1.807) is 28.9 Å². The van der Waals surface area contributed by atoms with Crippen LogP contribution in [0.3, 0.4) is 0 Å². The first-order chi connectivity index (χ1) is 13.1. The van der Waals surface area contributed by atoms with Gasteiger partial charge in [-0.15, -0.1) is 0 Å². The minimum atomic E-state index is -0.552. The van der Waals surface area contributed by atoms with Gasteiger partial charge in [0.2, 0.25) is 0 Å². The number of hydrogen-bond donors (Lipinski definition) is 1. The molecule has 0 radical (unpaired) electrons. The predicted octanol–water partition coefficient (Wildman–Crippen LogP) is 3.75. The monoisotopic (exact) mass is 425 g/mol. The van der Waals surface area contributed by atoms with Gasteiger partial charge in [0, 0.05) is 11.6 Å². The first-order valence-electron chi connectivity index (χ1n) is 8.54. The first-order valence-corrected chi connectivity index (χ1v) is 9.33. The number of benzene rings is 2. The zero-order valence-corrected chi connectivity index (χ0v) is 15.8. The molecule has 1 heterocycles. The Balaban J connectivity index is 1.51. The summed E-state index contributed by atoms with van der Waals surface area (Å²) in [5, 5.41) is 7.15. The van der Waals surface area contributed by atoms with Crippen LogP contribution in [0, 0.1) is 0 Å². The van der Waals surface area contributed by atoms with E-state index >= 15 is 0 Å². The predicted molar refractivity (Wildman–Crippen MR) is 103 cm³/mol. The molecule has 1 fully saturated rings. The van der Waals surface area contributed by atoms with Gasteiger partial charge in [0.1, 0.15) is 15.9 Å². The normalized spacial score (nSPS) is 13.2. The van der Waals surface area contributed by atoms with Crippen LogP contribution in [0.2, 0.25) is 0 Å². The third kappa shape index (κ3) is 3.93. The van der Waals surface area contributed by atoms with E-state index in [9.17, 15) is 9.59 Å². The van der Waals surface area contributed by atoms with Gasteiger partial charge in [-0.1, -0.05) is 24.3 Å². The highest BCUT2D eigenvalue weighted by Crippen LogP contribution is 2.24. The molecule has 1 aliphatic rings. The lowest BCUT2D eigenvalue weighted by atomic mass is 10.2. The van der Waals surface area contributed by atoms with Crippen molar-refractivity contribution in [2.24, 2.45) is 0 Å². The summed E-state index contributed by atoms with van der Waals surface area (Å²) < 4.78 is 7.55. The number of halogens is 1. The fourth-order valence-corrected chi connectivity index (χ4v) is 3.14. The highest BCUT2D eigenvalue weighted by molar-refractivity contribution is 9.10. The lowest BCUT2D eigenvalue weighted by Gasteiger charge is -2.07. The number of aromatic nitrogens is 2. The average molecular weight is 426 g/mol. The number of carbonyl (C=O) groups is 2. The van der Waals surface area contributed by atoms with Gasteiger partial charge in [0.05, 0.1) is 11.9 Å². The molecule has 0 atom stereocenters. The molecule has 1 aliphatic carbocycles. The first kappa shape index (κ1) is 17.5. The fourth-order valence-electron chi connectivity index (χ4n) is 2.58. The number of nitrogens with zero attached hydrogens (tertiary/aromatic N) is 2. The third-order valence-corrected chi connectivity index (χ3v) is 4.91. The van der Waals surface area contributed by atoms with Crippen molar-refractivity contribution in [3.05, 3.63) is 76.5 Å². The van der Waals surface area contributed by atoms with E-state index in [4.69, 9.17) is 4.74 Å². The zero-order valence-electron chi connectivity index (χ0n) is 14.3. The Morgan fingerprint density at radius 1 is 1.11 bits per heavy atom. The molecule has 1 aromatic heterocycles. The Bertz CT molecular complexity index is 997. The zero-order chi connectivity index (χ0) is 18.8. The second-order valence-corrected chi connectivity index (χ2v) is 7.01. The quantitative estimate of drug-likeness (QED) is 0.498. The van der Waals surface area contributed by atoms with E-state index in [2.05, 4.69) is 26.3 Å². The summed E-state index contributed by atoms with van der Waals surface area (Å²) in [5.41, 5.74) is 1.58. The van der Waals surface area contributed by atoms with Crippen molar-refractivity contribution in [3.63, 3.8) is 0 Å². The summed E-state index contributed by atoms with van der Waals surface area (Å²) in [6, 6.07) is 16.3. The van der Waals surface area contributed by atoms with Gasteiger partial charge in [-0.3, -0.25) is 4.79 Å². The molecule has 1 N–H and O–H groups in total. The molecule has 136 valence electrons. The summed E-state index contributed by atoms with van der Waals surface area (Å²) in [4.78, 5) is 24.7. The number of nitrogens with one attached hydrogen (secondary N) is 1. The van der Waals surface area contributed by atoms with Crippen LogP contribution in [0.5, 0.6) is 5.75 Å². The Kier molecular flexibility index (Phi) is 4.77. The van der Waals surface area contributed by atoms with Gasteiger partial charge in [-0.05, 0) is 59.1 Å². The van der Waals surface area contributed by atoms with Crippen molar-refractivity contribution < 1.29 is 14.3 Å². The largest absolute Gasteiger partial charge is 0.423 e. The molecule has 0 unspecified atom stereocenters. The van der Waals surface area contributed by atoms with Crippen LogP contribution in [-0.2, 0) is 0 Å². The Morgan fingerprint density at radius 3 is 2.63 bits per heavy atom. The second kappa shape index (κ2) is 7.36. The smallest absolute Gasteiger partial charge is 0.347 e. The molecule has 3 aromatic rings. The van der Waals surface area contributed by atoms with Crippen LogP contribution in [-0.4, -0.2) is 27.7 Å². The van der Waals surface area contributed by atoms with Crippen molar-refractivity contribution in [2.45, 2.75) is 18.9 Å². The standard InChI is InChI=1S/C20H16BrN3O3/c21-18-17(12-22-24(18)15-6-2-1-3-7-15)20(26)27-16-8-4-5-13(11-16)19(25)23-14-9-10-14/h1-8,11-12,14H,9-10H2,(H,23,25). The van der Waals surface area contributed by atoms with Crippen molar-refractivity contribution in [2.75, 3.05) is 0 Å². The number of rotatable bonds is 5. The number of para-hydroxylation sites is 1. The van der Waals surface area contributed by atoms with Crippen molar-refractivity contribution in [3.8, 4) is 11.4 Å². The highest BCUT2D eigenvalue weighted by atomic mass is 79.9. The lowest BCUT2D eigenvalue weighted by molar-refractivity contribution is 0.0732. The summed E-state index contributed by atoms with van der Waals surface area (Å²) in [6.45, 7) is 0. The average Bonchev–Trinajstić information content (AvgIpc) is 3.41. The molecule has 0 aliphatic heterocycles. The van der Waals surface area contributed by atoms with E-state index in [0.29, 0.717) is 21.5 Å². The van der Waals surface area contributed by atoms with Crippen LogP contribution >= 0.6 is 15.9 Å². The maximum atomic E-state index is 12.5. The van der Waals surface area contributed by atoms with Crippen molar-refractivity contribution in [1.29, 1.82) is 0 Å². The van der Waals surface area contributed by atoms with E-state index in [1.165, 1.54) is 6.20 Å². The maximum absolute atomic E-state index is 12.5. The van der Waals surface area contributed by atoms with E-state index in [0.717, 1.165) is 18.5 Å². The fraction of sp³-hybridized carbons (Fsp3) is 0.150. The molecule has 4 rings (SSSR count). The topological polar surface area (TPSA) is 73.2 Å². The molecule has 6 nitrogen and oxygen atoms in total. The number of esters is 1. The van der Waals surface area contributed by atoms with Crippen LogP contribution < -0.4 is 10.1 Å². The molecule has 7 heteroatoms. The molecule has 1 amide bonds. The van der Waals surface area contributed by atoms with Gasteiger partial charge in [0.25, 0.3) is 5.91 Å². The molecule has 0 bridgehead atoms. The Hall–Kier alpha value is -2.93. The lowest BCUT2D eigenvalue weighted by Crippen LogP contribution is -2.25. The van der Waals surface area contributed by atoms with Crippen LogP contribution in [0.4, 0.5) is 0 Å². The van der Waals surface area contributed by atoms with Crippen LogP contribution in [0.1, 0.15) is 33.6 Å². The molecule has 2 aromatic carbocycles. The van der Waals surface area contributed by atoms with Crippen LogP contribution in [0.15, 0.2) is 65.4 Å². The van der Waals surface area contributed by atoms with Gasteiger partial charge >= 0.3 is 5.97 Å². The third-order valence-electron chi connectivity index (χ3n) is 4.15. The van der Waals surface area contributed by atoms with Crippen molar-refractivity contribution >= 4 is 27.8 Å². The summed E-state index contributed by atoms with van der Waals surface area (Å²) in [6.07, 6.45) is 3.47. The summed E-state index contributed by atoms with van der Waals surface area (Å²) in [5.74, 6) is -0.403. The minimum Gasteiger partial charge on any atom is -0.423 e. The SMILES string of the molecule is O=C(NC1CC1)c1cccc(OC(=O)c2cnn(-c3ccccc3)c2Br)c1. The molecule has 0 saturated heterocycles. The Morgan fingerprint density at radius 2 is 1.89 bits per heavy atom. The maximum Gasteiger partial charge on any atom is 0.347 e. The summed E-state index contributed by atoms with van der Waals surface area (Å²) in [7, 11) is 0. The molecular formula is C20H16BrN3O3. The number of carbonyl (C=O) groups excluding carboxylic acids is 2. The molecule has 27 heavy (non-hydrogen) atoms. The minimum absolute atomic E-state index is 0.159. The van der Waals surface area contributed by atoms with Gasteiger partial charge in [0.15, 0.2) is 0 Å². The Labute approximate surface area is 164 Å². The van der Waals surface area contributed by atoms with Crippen molar-refractivity contribution in [1.82, 2.24) is 15.1 Å². The number of amides is 1. The molecular weight excluding hydrogens is 410 g/mol. The van der Waals surface area contributed by atoms with E-state index < -0.39 is 5.97 Å². The van der Waals surface area contributed by atoms with Gasteiger partial charge < -0.3 is 10.1 Å². The summed E-state index contributed by atoms with van der Waals surface area (Å²) >= 11 is 3.41. The van der Waals surface area contributed by atoms with Gasteiger partial charge in [-0.25, -0.2) is 9.48 Å². The highest BCUT2D eigenvalue weighted by Gasteiger charge is 2.24. The number of hydrogen-bond acceptors (Lipinski definition) is 4. The van der Waals surface area contributed by atoms with E-state index in [1.807, 2.05) is 30.3 Å². The van der Waals surface area contributed by atoms with E-state index in [-0.39, 0.29) is 11.9 Å². The molecule has 0 spiro atoms. The second-order valence-electron chi connectivity index (χ2n) is 6.26. The van der Waals surface area contributed by atoms with Crippen LogP contribution in [0.25, 0.3) is 5.69 Å². The number of ether oxygens (including phenoxy) is 1.